The second-order valence-corrected chi connectivity index (χ2v) is 6.86. The van der Waals surface area contributed by atoms with Crippen LogP contribution in [0.4, 0.5) is 0 Å². The first-order valence-electron chi connectivity index (χ1n) is 9.44. The highest BCUT2D eigenvalue weighted by Gasteiger charge is 2.34. The van der Waals surface area contributed by atoms with Crippen LogP contribution in [-0.2, 0) is 0 Å². The number of nitrogens with zero attached hydrogens (tertiary/aromatic N) is 4. The van der Waals surface area contributed by atoms with Crippen molar-refractivity contribution in [3.05, 3.63) is 59.7 Å². The van der Waals surface area contributed by atoms with Crippen LogP contribution in [0.25, 0.3) is 0 Å². The third-order valence-electron chi connectivity index (χ3n) is 4.87. The van der Waals surface area contributed by atoms with Crippen molar-refractivity contribution in [1.29, 1.82) is 0 Å². The largest absolute Gasteiger partial charge is 0.497 e. The molecule has 2 aromatic heterocycles. The fraction of sp³-hybridized carbons (Fsp3) is 0.333. The molecule has 8 heteroatoms. The minimum absolute atomic E-state index is 0.172. The fourth-order valence-electron chi connectivity index (χ4n) is 3.51. The van der Waals surface area contributed by atoms with Crippen molar-refractivity contribution >= 4 is 5.91 Å². The number of oxazole rings is 1. The highest BCUT2D eigenvalue weighted by atomic mass is 16.5. The Bertz CT molecular complexity index is 1020. The Labute approximate surface area is 168 Å². The van der Waals surface area contributed by atoms with Gasteiger partial charge in [-0.3, -0.25) is 9.78 Å². The number of amides is 1. The Kier molecular flexibility index (Phi) is 5.16. The molecule has 0 N–H and O–H groups in total. The maximum atomic E-state index is 13.0. The normalized spacial score (nSPS) is 16.1. The molecule has 4 rings (SSSR count). The molecular weight excluding hydrogens is 372 g/mol. The summed E-state index contributed by atoms with van der Waals surface area (Å²) >= 11 is 0. The van der Waals surface area contributed by atoms with Gasteiger partial charge in [-0.1, -0.05) is 0 Å². The van der Waals surface area contributed by atoms with Gasteiger partial charge < -0.3 is 18.8 Å². The van der Waals surface area contributed by atoms with E-state index in [1.54, 1.807) is 50.4 Å². The molecular formula is C21H22N4O4. The molecule has 1 aromatic carbocycles. The first-order chi connectivity index (χ1) is 14.0. The van der Waals surface area contributed by atoms with Crippen LogP contribution in [-0.4, -0.2) is 39.4 Å². The summed E-state index contributed by atoms with van der Waals surface area (Å²) in [4.78, 5) is 27.8. The summed E-state index contributed by atoms with van der Waals surface area (Å²) in [6.45, 7) is 4.14. The summed E-state index contributed by atoms with van der Waals surface area (Å²) < 4.78 is 16.5. The van der Waals surface area contributed by atoms with Crippen molar-refractivity contribution in [3.8, 4) is 17.4 Å². The van der Waals surface area contributed by atoms with Gasteiger partial charge in [0.15, 0.2) is 5.89 Å². The van der Waals surface area contributed by atoms with Gasteiger partial charge >= 0.3 is 0 Å². The van der Waals surface area contributed by atoms with Crippen molar-refractivity contribution in [2.24, 2.45) is 0 Å². The van der Waals surface area contributed by atoms with Crippen molar-refractivity contribution < 1.29 is 18.7 Å². The number of carbonyl (C=O) groups is 1. The summed E-state index contributed by atoms with van der Waals surface area (Å²) in [7, 11) is 1.61. The molecule has 0 bridgehead atoms. The van der Waals surface area contributed by atoms with Gasteiger partial charge in [0.1, 0.15) is 11.5 Å². The number of carbonyl (C=O) groups excluding carboxylic acids is 1. The molecule has 1 aliphatic heterocycles. The van der Waals surface area contributed by atoms with Crippen molar-refractivity contribution in [1.82, 2.24) is 19.9 Å². The lowest BCUT2D eigenvalue weighted by Gasteiger charge is -2.23. The van der Waals surface area contributed by atoms with Crippen LogP contribution in [0, 0.1) is 13.8 Å². The Hall–Kier alpha value is -3.42. The van der Waals surface area contributed by atoms with E-state index >= 15 is 0 Å². The molecule has 3 heterocycles. The number of methoxy groups -OCH3 is 1. The Morgan fingerprint density at radius 1 is 1.14 bits per heavy atom. The number of aromatic nitrogens is 3. The molecule has 8 nitrogen and oxygen atoms in total. The van der Waals surface area contributed by atoms with Crippen LogP contribution in [0.2, 0.25) is 0 Å². The maximum absolute atomic E-state index is 13.0. The molecule has 1 atom stereocenters. The molecule has 0 saturated carbocycles. The van der Waals surface area contributed by atoms with Crippen molar-refractivity contribution in [3.63, 3.8) is 0 Å². The molecule has 1 saturated heterocycles. The van der Waals surface area contributed by atoms with Crippen LogP contribution in [0.15, 0.2) is 41.1 Å². The summed E-state index contributed by atoms with van der Waals surface area (Å²) in [6, 6.07) is 7.04. The zero-order valence-corrected chi connectivity index (χ0v) is 16.6. The molecule has 0 aliphatic carbocycles. The number of aryl methyl sites for hydroxylation is 2. The van der Waals surface area contributed by atoms with E-state index in [0.717, 1.165) is 18.6 Å². The summed E-state index contributed by atoms with van der Waals surface area (Å²) in [5.74, 6) is 2.34. The van der Waals surface area contributed by atoms with Gasteiger partial charge in [0.05, 0.1) is 36.9 Å². The van der Waals surface area contributed by atoms with E-state index in [1.165, 1.54) is 0 Å². The van der Waals surface area contributed by atoms with Crippen molar-refractivity contribution in [2.75, 3.05) is 13.7 Å². The molecule has 1 fully saturated rings. The van der Waals surface area contributed by atoms with Crippen LogP contribution < -0.4 is 9.47 Å². The van der Waals surface area contributed by atoms with E-state index in [4.69, 9.17) is 13.9 Å². The van der Waals surface area contributed by atoms with E-state index in [1.807, 2.05) is 12.1 Å². The lowest BCUT2D eigenvalue weighted by Crippen LogP contribution is -2.31. The van der Waals surface area contributed by atoms with E-state index in [9.17, 15) is 4.79 Å². The fourth-order valence-corrected chi connectivity index (χ4v) is 3.51. The second-order valence-electron chi connectivity index (χ2n) is 6.86. The zero-order valence-electron chi connectivity index (χ0n) is 16.6. The standard InChI is InChI=1S/C21H22N4O4/c1-13-20(28-14(2)23-13)21(26)25-10-4-5-18(25)17-11-22-12-19(24-17)29-16-8-6-15(27-3)7-9-16/h6-9,11-12,18H,4-5,10H2,1-3H3. The van der Waals surface area contributed by atoms with E-state index in [2.05, 4.69) is 15.0 Å². The lowest BCUT2D eigenvalue weighted by atomic mass is 10.1. The average Bonchev–Trinajstić information content (AvgIpc) is 3.34. The van der Waals surface area contributed by atoms with E-state index in [0.29, 0.717) is 35.5 Å². The Morgan fingerprint density at radius 3 is 2.59 bits per heavy atom. The average molecular weight is 394 g/mol. The third-order valence-corrected chi connectivity index (χ3v) is 4.87. The minimum Gasteiger partial charge on any atom is -0.497 e. The predicted octanol–water partition coefficient (Wildman–Crippen LogP) is 3.86. The van der Waals surface area contributed by atoms with Gasteiger partial charge in [-0.2, -0.15) is 0 Å². The van der Waals surface area contributed by atoms with E-state index < -0.39 is 0 Å². The predicted molar refractivity (Wildman–Crippen MR) is 104 cm³/mol. The summed E-state index contributed by atoms with van der Waals surface area (Å²) in [5.41, 5.74) is 1.29. The topological polar surface area (TPSA) is 90.6 Å². The third kappa shape index (κ3) is 3.91. The van der Waals surface area contributed by atoms with Crippen LogP contribution in [0.1, 0.15) is 46.7 Å². The second kappa shape index (κ2) is 7.90. The summed E-state index contributed by atoms with van der Waals surface area (Å²) in [6.07, 6.45) is 4.92. The van der Waals surface area contributed by atoms with Crippen LogP contribution in [0.3, 0.4) is 0 Å². The molecule has 150 valence electrons. The minimum atomic E-state index is -0.181. The van der Waals surface area contributed by atoms with Gasteiger partial charge in [0, 0.05) is 13.5 Å². The monoisotopic (exact) mass is 394 g/mol. The van der Waals surface area contributed by atoms with E-state index in [-0.39, 0.29) is 17.7 Å². The first-order valence-corrected chi connectivity index (χ1v) is 9.44. The quantitative estimate of drug-likeness (QED) is 0.649. The number of rotatable bonds is 5. The maximum Gasteiger partial charge on any atom is 0.292 e. The Balaban J connectivity index is 1.54. The Morgan fingerprint density at radius 2 is 1.90 bits per heavy atom. The molecule has 0 spiro atoms. The van der Waals surface area contributed by atoms with Gasteiger partial charge in [-0.05, 0) is 44.0 Å². The number of likely N-dealkylation sites (tertiary alicyclic amines) is 1. The molecule has 1 aliphatic rings. The van der Waals surface area contributed by atoms with Crippen LogP contribution in [0.5, 0.6) is 17.4 Å². The van der Waals surface area contributed by atoms with Crippen molar-refractivity contribution in [2.45, 2.75) is 32.7 Å². The molecule has 1 amide bonds. The lowest BCUT2D eigenvalue weighted by molar-refractivity contribution is 0.0697. The SMILES string of the molecule is COc1ccc(Oc2cncc(C3CCCN3C(=O)c3oc(C)nc3C)n2)cc1. The van der Waals surface area contributed by atoms with Gasteiger partial charge in [-0.15, -0.1) is 0 Å². The number of ether oxygens (including phenoxy) is 2. The number of hydrogen-bond donors (Lipinski definition) is 0. The number of hydrogen-bond acceptors (Lipinski definition) is 7. The molecule has 3 aromatic rings. The highest BCUT2D eigenvalue weighted by Crippen LogP contribution is 2.33. The van der Waals surface area contributed by atoms with Crippen LogP contribution >= 0.6 is 0 Å². The number of benzene rings is 1. The molecule has 29 heavy (non-hydrogen) atoms. The zero-order chi connectivity index (χ0) is 20.4. The van der Waals surface area contributed by atoms with Gasteiger partial charge in [0.25, 0.3) is 5.91 Å². The van der Waals surface area contributed by atoms with Gasteiger partial charge in [0.2, 0.25) is 11.6 Å². The summed E-state index contributed by atoms with van der Waals surface area (Å²) in [5, 5.41) is 0. The smallest absolute Gasteiger partial charge is 0.292 e. The molecule has 1 unspecified atom stereocenters. The first kappa shape index (κ1) is 18.9. The highest BCUT2D eigenvalue weighted by molar-refractivity contribution is 5.93. The molecule has 0 radical (unpaired) electrons. The van der Waals surface area contributed by atoms with Gasteiger partial charge in [-0.25, -0.2) is 9.97 Å².